The molecule has 0 bridgehead atoms. The Bertz CT molecular complexity index is 4000. The van der Waals surface area contributed by atoms with E-state index in [2.05, 4.69) is 276 Å². The summed E-state index contributed by atoms with van der Waals surface area (Å²) in [5.74, 6) is 0. The molecule has 0 aliphatic carbocycles. The lowest BCUT2D eigenvalue weighted by Gasteiger charge is -2.28. The first-order chi connectivity index (χ1) is 33.8. The summed E-state index contributed by atoms with van der Waals surface area (Å²) < 4.78 is 2.43. The van der Waals surface area contributed by atoms with E-state index in [1.165, 1.54) is 87.6 Å². The molecule has 2 heteroatoms. The number of hydrogen-bond acceptors (Lipinski definition) is 1. The maximum Gasteiger partial charge on any atom is 0.0782 e. The number of para-hydroxylation sites is 3. The predicted octanol–water partition coefficient (Wildman–Crippen LogP) is 18.4. The molecule has 1 aromatic heterocycles. The molecule has 13 rings (SSSR count). The van der Waals surface area contributed by atoms with Crippen LogP contribution in [0.1, 0.15) is 0 Å². The highest BCUT2D eigenvalue weighted by atomic mass is 15.2. The Kier molecular flexibility index (Phi) is 9.54. The fraction of sp³-hybridized carbons (Fsp3) is 0. The molecule has 0 aliphatic rings. The molecule has 0 saturated carbocycles. The average Bonchev–Trinajstić information content (AvgIpc) is 3.76. The molecule has 318 valence electrons. The molecular formula is C66H44N2. The van der Waals surface area contributed by atoms with Crippen molar-refractivity contribution in [3.63, 3.8) is 0 Å². The monoisotopic (exact) mass is 864 g/mol. The molecule has 0 radical (unpaired) electrons. The van der Waals surface area contributed by atoms with Gasteiger partial charge in [0.25, 0.3) is 0 Å². The molecule has 0 saturated heterocycles. The first-order valence-corrected chi connectivity index (χ1v) is 23.4. The zero-order valence-corrected chi connectivity index (χ0v) is 37.3. The Labute approximate surface area is 395 Å². The smallest absolute Gasteiger partial charge is 0.0782 e. The van der Waals surface area contributed by atoms with E-state index in [-0.39, 0.29) is 0 Å². The zero-order valence-electron chi connectivity index (χ0n) is 37.3. The molecule has 0 spiro atoms. The van der Waals surface area contributed by atoms with E-state index < -0.39 is 0 Å². The van der Waals surface area contributed by atoms with Gasteiger partial charge in [-0.3, -0.25) is 0 Å². The normalized spacial score (nSPS) is 11.5. The van der Waals surface area contributed by atoms with E-state index >= 15 is 0 Å². The molecule has 0 aliphatic heterocycles. The molecule has 12 aromatic carbocycles. The third-order valence-corrected chi connectivity index (χ3v) is 13.7. The van der Waals surface area contributed by atoms with Gasteiger partial charge < -0.3 is 9.47 Å². The standard InChI is InChI=1S/C66H44N2/c1-4-20-47(21-5-1)64-59-32-13-12-30-56(59)57-42-39-49(44-61(57)65(64)48-22-6-2-7-23-48)45-37-40-52(41-38-45)67(53-28-16-25-50(43-53)55-33-17-24-46-19-10-11-29-54(46)55)63-36-18-34-60-58-31-14-15-35-62(58)68(66(60)63)51-26-8-3-9-27-51/h1-44H. The van der Waals surface area contributed by atoms with Gasteiger partial charge in [-0.1, -0.05) is 212 Å². The van der Waals surface area contributed by atoms with Crippen LogP contribution in [0.4, 0.5) is 17.1 Å². The number of hydrogen-bond donors (Lipinski definition) is 0. The third-order valence-electron chi connectivity index (χ3n) is 13.7. The van der Waals surface area contributed by atoms with E-state index in [4.69, 9.17) is 0 Å². The van der Waals surface area contributed by atoms with Crippen molar-refractivity contribution in [1.82, 2.24) is 4.57 Å². The molecule has 2 nitrogen and oxygen atoms in total. The van der Waals surface area contributed by atoms with Gasteiger partial charge in [0.15, 0.2) is 0 Å². The van der Waals surface area contributed by atoms with Crippen LogP contribution in [-0.2, 0) is 0 Å². The Hall–Kier alpha value is -8.98. The van der Waals surface area contributed by atoms with Crippen molar-refractivity contribution in [2.45, 2.75) is 0 Å². The van der Waals surface area contributed by atoms with Gasteiger partial charge >= 0.3 is 0 Å². The fourth-order valence-corrected chi connectivity index (χ4v) is 10.7. The SMILES string of the molecule is c1ccc(-c2c(-c3ccccc3)c3cc(-c4ccc(N(c5cccc(-c6cccc7ccccc67)c5)c5cccc6c7ccccc7n(-c7ccccc7)c56)cc4)ccc3c3ccccc23)cc1. The van der Waals surface area contributed by atoms with Crippen LogP contribution in [0.25, 0.3) is 104 Å². The van der Waals surface area contributed by atoms with Crippen LogP contribution in [0.3, 0.4) is 0 Å². The van der Waals surface area contributed by atoms with Crippen LogP contribution >= 0.6 is 0 Å². The number of benzene rings is 12. The third kappa shape index (κ3) is 6.57. The summed E-state index contributed by atoms with van der Waals surface area (Å²) in [6, 6.07) is 97.5. The quantitative estimate of drug-likeness (QED) is 0.138. The maximum absolute atomic E-state index is 2.45. The summed E-state index contributed by atoms with van der Waals surface area (Å²) in [5.41, 5.74) is 16.4. The minimum atomic E-state index is 1.07. The second-order valence-corrected chi connectivity index (χ2v) is 17.6. The van der Waals surface area contributed by atoms with Gasteiger partial charge in [-0.25, -0.2) is 0 Å². The molecule has 1 heterocycles. The molecule has 68 heavy (non-hydrogen) atoms. The van der Waals surface area contributed by atoms with Crippen LogP contribution in [-0.4, -0.2) is 4.57 Å². The van der Waals surface area contributed by atoms with Crippen molar-refractivity contribution in [2.24, 2.45) is 0 Å². The lowest BCUT2D eigenvalue weighted by atomic mass is 9.84. The Balaban J connectivity index is 1.02. The Morgan fingerprint density at radius 2 is 0.824 bits per heavy atom. The number of rotatable bonds is 8. The summed E-state index contributed by atoms with van der Waals surface area (Å²) in [6.07, 6.45) is 0. The molecule has 0 amide bonds. The lowest BCUT2D eigenvalue weighted by molar-refractivity contribution is 1.17. The molecule has 0 fully saturated rings. The van der Waals surface area contributed by atoms with E-state index in [0.717, 1.165) is 33.8 Å². The van der Waals surface area contributed by atoms with Gasteiger partial charge in [-0.05, 0) is 131 Å². The van der Waals surface area contributed by atoms with Crippen LogP contribution in [0.5, 0.6) is 0 Å². The molecule has 0 atom stereocenters. The highest BCUT2D eigenvalue weighted by molar-refractivity contribution is 6.22. The number of anilines is 3. The van der Waals surface area contributed by atoms with Crippen molar-refractivity contribution in [3.05, 3.63) is 267 Å². The van der Waals surface area contributed by atoms with Crippen LogP contribution in [0.15, 0.2) is 267 Å². The summed E-state index contributed by atoms with van der Waals surface area (Å²) in [7, 11) is 0. The van der Waals surface area contributed by atoms with Gasteiger partial charge in [0, 0.05) is 27.8 Å². The molecule has 13 aromatic rings. The Morgan fingerprint density at radius 1 is 0.279 bits per heavy atom. The maximum atomic E-state index is 2.45. The summed E-state index contributed by atoms with van der Waals surface area (Å²) in [5, 5.41) is 9.91. The summed E-state index contributed by atoms with van der Waals surface area (Å²) in [6.45, 7) is 0. The average molecular weight is 865 g/mol. The topological polar surface area (TPSA) is 8.17 Å². The lowest BCUT2D eigenvalue weighted by Crippen LogP contribution is -2.12. The second-order valence-electron chi connectivity index (χ2n) is 17.6. The molecule has 0 N–H and O–H groups in total. The number of nitrogens with zero attached hydrogens (tertiary/aromatic N) is 2. The van der Waals surface area contributed by atoms with Crippen LogP contribution in [0.2, 0.25) is 0 Å². The van der Waals surface area contributed by atoms with Crippen molar-refractivity contribution in [1.29, 1.82) is 0 Å². The predicted molar refractivity (Wildman–Crippen MR) is 290 cm³/mol. The minimum absolute atomic E-state index is 1.07. The van der Waals surface area contributed by atoms with E-state index in [0.29, 0.717) is 0 Å². The van der Waals surface area contributed by atoms with Gasteiger partial charge in [0.05, 0.1) is 16.7 Å². The van der Waals surface area contributed by atoms with Gasteiger partial charge in [-0.2, -0.15) is 0 Å². The fourth-order valence-electron chi connectivity index (χ4n) is 10.7. The van der Waals surface area contributed by atoms with E-state index in [1.54, 1.807) is 0 Å². The zero-order chi connectivity index (χ0) is 45.0. The van der Waals surface area contributed by atoms with Crippen molar-refractivity contribution >= 4 is 71.2 Å². The number of fused-ring (bicyclic) bond motifs is 7. The van der Waals surface area contributed by atoms with Crippen molar-refractivity contribution < 1.29 is 0 Å². The second kappa shape index (κ2) is 16.5. The van der Waals surface area contributed by atoms with Crippen molar-refractivity contribution in [2.75, 3.05) is 4.90 Å². The first kappa shape index (κ1) is 39.4. The van der Waals surface area contributed by atoms with E-state index in [1.807, 2.05) is 0 Å². The first-order valence-electron chi connectivity index (χ1n) is 23.4. The van der Waals surface area contributed by atoms with Gasteiger partial charge in [0.2, 0.25) is 0 Å². The van der Waals surface area contributed by atoms with Gasteiger partial charge in [0.1, 0.15) is 0 Å². The summed E-state index contributed by atoms with van der Waals surface area (Å²) >= 11 is 0. The highest BCUT2D eigenvalue weighted by Gasteiger charge is 2.23. The van der Waals surface area contributed by atoms with Crippen LogP contribution in [0, 0.1) is 0 Å². The van der Waals surface area contributed by atoms with Crippen LogP contribution < -0.4 is 4.90 Å². The number of aromatic nitrogens is 1. The van der Waals surface area contributed by atoms with Crippen molar-refractivity contribution in [3.8, 4) is 50.2 Å². The molecular weight excluding hydrogens is 821 g/mol. The van der Waals surface area contributed by atoms with Gasteiger partial charge in [-0.15, -0.1) is 0 Å². The summed E-state index contributed by atoms with van der Waals surface area (Å²) in [4.78, 5) is 2.45. The van der Waals surface area contributed by atoms with E-state index in [9.17, 15) is 0 Å². The minimum Gasteiger partial charge on any atom is -0.308 e. The largest absolute Gasteiger partial charge is 0.308 e. The Morgan fingerprint density at radius 3 is 1.59 bits per heavy atom. The highest BCUT2D eigenvalue weighted by Crippen LogP contribution is 2.47. The molecule has 0 unspecified atom stereocenters.